The highest BCUT2D eigenvalue weighted by atomic mass is 16.5. The van der Waals surface area contributed by atoms with Crippen LogP contribution >= 0.6 is 0 Å². The van der Waals surface area contributed by atoms with E-state index < -0.39 is 11.9 Å². The minimum atomic E-state index is -0.879. The number of rotatable bonds is 5. The molecule has 0 heterocycles. The van der Waals surface area contributed by atoms with Crippen molar-refractivity contribution in [1.29, 1.82) is 0 Å². The van der Waals surface area contributed by atoms with Gasteiger partial charge in [0.15, 0.2) is 0 Å². The molecule has 2 unspecified atom stereocenters. The summed E-state index contributed by atoms with van der Waals surface area (Å²) in [6.07, 6.45) is 0.459. The molecule has 1 aliphatic rings. The van der Waals surface area contributed by atoms with Crippen LogP contribution < -0.4 is 4.74 Å². The molecule has 1 aromatic carbocycles. The molecule has 1 N–H and O–H groups in total. The summed E-state index contributed by atoms with van der Waals surface area (Å²) in [4.78, 5) is 24.3. The number of methoxy groups -OCH3 is 1. The molecular weight excluding hydrogens is 246 g/mol. The van der Waals surface area contributed by atoms with Gasteiger partial charge in [-0.3, -0.25) is 9.59 Å². The number of nitrogens with zero attached hydrogens (tertiary/aromatic N) is 1. The van der Waals surface area contributed by atoms with E-state index in [0.29, 0.717) is 13.0 Å². The van der Waals surface area contributed by atoms with Gasteiger partial charge < -0.3 is 14.7 Å². The molecule has 0 aromatic heterocycles. The van der Waals surface area contributed by atoms with Gasteiger partial charge in [0.25, 0.3) is 0 Å². The Bertz CT molecular complexity index is 483. The monoisotopic (exact) mass is 263 g/mol. The second-order valence-corrected chi connectivity index (χ2v) is 4.83. The Kier molecular flexibility index (Phi) is 3.74. The first-order valence-corrected chi connectivity index (χ1v) is 6.13. The quantitative estimate of drug-likeness (QED) is 0.871. The minimum absolute atomic E-state index is 0.0942. The molecule has 5 heteroatoms. The number of carboxylic acids is 1. The molecule has 2 rings (SSSR count). The average molecular weight is 263 g/mol. The standard InChI is InChI=1S/C14H17NO4/c1-15(13(16)11-7-12(11)14(17)18)8-9-3-5-10(19-2)6-4-9/h3-6,11-12H,7-8H2,1-2H3,(H,17,18). The lowest BCUT2D eigenvalue weighted by molar-refractivity contribution is -0.141. The molecule has 5 nitrogen and oxygen atoms in total. The number of benzene rings is 1. The van der Waals surface area contributed by atoms with Crippen molar-refractivity contribution in [1.82, 2.24) is 4.90 Å². The predicted molar refractivity (Wildman–Crippen MR) is 68.7 cm³/mol. The fraction of sp³-hybridized carbons (Fsp3) is 0.429. The van der Waals surface area contributed by atoms with Gasteiger partial charge in [-0.1, -0.05) is 12.1 Å². The molecule has 0 spiro atoms. The van der Waals surface area contributed by atoms with Gasteiger partial charge in [-0.15, -0.1) is 0 Å². The molecule has 1 amide bonds. The predicted octanol–water partition coefficient (Wildman–Crippen LogP) is 1.37. The molecule has 0 aliphatic heterocycles. The number of carbonyl (C=O) groups excluding carboxylic acids is 1. The fourth-order valence-electron chi connectivity index (χ4n) is 2.11. The van der Waals surface area contributed by atoms with Gasteiger partial charge in [0.2, 0.25) is 5.91 Å². The van der Waals surface area contributed by atoms with E-state index in [9.17, 15) is 9.59 Å². The van der Waals surface area contributed by atoms with E-state index in [4.69, 9.17) is 9.84 Å². The Balaban J connectivity index is 1.91. The van der Waals surface area contributed by atoms with Crippen molar-refractivity contribution in [3.63, 3.8) is 0 Å². The third kappa shape index (κ3) is 3.05. The second kappa shape index (κ2) is 5.30. The van der Waals surface area contributed by atoms with Gasteiger partial charge in [0, 0.05) is 13.6 Å². The molecule has 1 aromatic rings. The lowest BCUT2D eigenvalue weighted by Crippen LogP contribution is -2.28. The van der Waals surface area contributed by atoms with Crippen LogP contribution in [-0.4, -0.2) is 36.0 Å². The Morgan fingerprint density at radius 3 is 2.42 bits per heavy atom. The molecule has 1 saturated carbocycles. The van der Waals surface area contributed by atoms with E-state index in [1.165, 1.54) is 0 Å². The fourth-order valence-corrected chi connectivity index (χ4v) is 2.11. The van der Waals surface area contributed by atoms with Crippen LogP contribution in [0.2, 0.25) is 0 Å². The van der Waals surface area contributed by atoms with Crippen LogP contribution in [-0.2, 0) is 16.1 Å². The molecule has 1 aliphatic carbocycles. The molecule has 0 saturated heterocycles. The van der Waals surface area contributed by atoms with E-state index in [-0.39, 0.29) is 11.8 Å². The smallest absolute Gasteiger partial charge is 0.307 e. The van der Waals surface area contributed by atoms with Crippen molar-refractivity contribution in [2.45, 2.75) is 13.0 Å². The van der Waals surface area contributed by atoms with Gasteiger partial charge in [-0.25, -0.2) is 0 Å². The van der Waals surface area contributed by atoms with Crippen molar-refractivity contribution in [3.8, 4) is 5.75 Å². The van der Waals surface area contributed by atoms with Crippen molar-refractivity contribution in [2.75, 3.05) is 14.2 Å². The Morgan fingerprint density at radius 2 is 1.95 bits per heavy atom. The zero-order valence-electron chi connectivity index (χ0n) is 11.0. The van der Waals surface area contributed by atoms with Crippen LogP contribution in [0.15, 0.2) is 24.3 Å². The highest BCUT2D eigenvalue weighted by molar-refractivity contribution is 5.89. The Hall–Kier alpha value is -2.04. The van der Waals surface area contributed by atoms with Gasteiger partial charge in [-0.2, -0.15) is 0 Å². The van der Waals surface area contributed by atoms with Crippen LogP contribution in [0, 0.1) is 11.8 Å². The van der Waals surface area contributed by atoms with Gasteiger partial charge in [0.05, 0.1) is 18.9 Å². The molecule has 19 heavy (non-hydrogen) atoms. The summed E-state index contributed by atoms with van der Waals surface area (Å²) in [6, 6.07) is 7.46. The summed E-state index contributed by atoms with van der Waals surface area (Å²) in [5, 5.41) is 8.82. The maximum atomic E-state index is 12.0. The first kappa shape index (κ1) is 13.4. The van der Waals surface area contributed by atoms with Gasteiger partial charge >= 0.3 is 5.97 Å². The van der Waals surface area contributed by atoms with Crippen LogP contribution in [0.4, 0.5) is 0 Å². The number of amides is 1. The summed E-state index contributed by atoms with van der Waals surface area (Å²) < 4.78 is 5.06. The number of ether oxygens (including phenoxy) is 1. The number of aliphatic carboxylic acids is 1. The molecule has 0 radical (unpaired) electrons. The minimum Gasteiger partial charge on any atom is -0.497 e. The zero-order valence-corrected chi connectivity index (χ0v) is 11.0. The Morgan fingerprint density at radius 1 is 1.32 bits per heavy atom. The third-order valence-electron chi connectivity index (χ3n) is 3.38. The summed E-state index contributed by atoms with van der Waals surface area (Å²) in [7, 11) is 3.30. The average Bonchev–Trinajstić information content (AvgIpc) is 3.19. The normalized spacial score (nSPS) is 20.7. The highest BCUT2D eigenvalue weighted by Crippen LogP contribution is 2.40. The summed E-state index contributed by atoms with van der Waals surface area (Å²) in [6.45, 7) is 0.478. The van der Waals surface area contributed by atoms with E-state index in [2.05, 4.69) is 0 Å². The third-order valence-corrected chi connectivity index (χ3v) is 3.38. The number of hydrogen-bond acceptors (Lipinski definition) is 3. The van der Waals surface area contributed by atoms with E-state index in [1.54, 1.807) is 19.1 Å². The molecule has 102 valence electrons. The molecular formula is C14H17NO4. The van der Waals surface area contributed by atoms with Crippen molar-refractivity contribution >= 4 is 11.9 Å². The SMILES string of the molecule is COc1ccc(CN(C)C(=O)C2CC2C(=O)O)cc1. The Labute approximate surface area is 111 Å². The molecule has 1 fully saturated rings. The van der Waals surface area contributed by atoms with E-state index in [1.807, 2.05) is 24.3 Å². The summed E-state index contributed by atoms with van der Waals surface area (Å²) in [5.41, 5.74) is 0.990. The lowest BCUT2D eigenvalue weighted by atomic mass is 10.2. The molecule has 2 atom stereocenters. The summed E-state index contributed by atoms with van der Waals surface area (Å²) >= 11 is 0. The van der Waals surface area contributed by atoms with Crippen LogP contribution in [0.25, 0.3) is 0 Å². The van der Waals surface area contributed by atoms with Crippen LogP contribution in [0.5, 0.6) is 5.75 Å². The molecule has 0 bridgehead atoms. The van der Waals surface area contributed by atoms with E-state index in [0.717, 1.165) is 11.3 Å². The topological polar surface area (TPSA) is 66.8 Å². The zero-order chi connectivity index (χ0) is 14.0. The van der Waals surface area contributed by atoms with Gasteiger partial charge in [-0.05, 0) is 24.1 Å². The first-order chi connectivity index (χ1) is 9.02. The van der Waals surface area contributed by atoms with Crippen molar-refractivity contribution in [2.24, 2.45) is 11.8 Å². The number of hydrogen-bond donors (Lipinski definition) is 1. The maximum Gasteiger partial charge on any atom is 0.307 e. The van der Waals surface area contributed by atoms with Gasteiger partial charge in [0.1, 0.15) is 5.75 Å². The first-order valence-electron chi connectivity index (χ1n) is 6.13. The van der Waals surface area contributed by atoms with Crippen molar-refractivity contribution in [3.05, 3.63) is 29.8 Å². The lowest BCUT2D eigenvalue weighted by Gasteiger charge is -2.17. The number of carboxylic acid groups (broad SMARTS) is 1. The largest absolute Gasteiger partial charge is 0.497 e. The van der Waals surface area contributed by atoms with Crippen molar-refractivity contribution < 1.29 is 19.4 Å². The summed E-state index contributed by atoms with van der Waals surface area (Å²) in [5.74, 6) is -1.04. The van der Waals surface area contributed by atoms with Crippen LogP contribution in [0.1, 0.15) is 12.0 Å². The van der Waals surface area contributed by atoms with Crippen LogP contribution in [0.3, 0.4) is 0 Å². The highest BCUT2D eigenvalue weighted by Gasteiger charge is 2.49. The maximum absolute atomic E-state index is 12.0. The number of carbonyl (C=O) groups is 2. The second-order valence-electron chi connectivity index (χ2n) is 4.83. The van der Waals surface area contributed by atoms with E-state index >= 15 is 0 Å².